The Bertz CT molecular complexity index is 336. The van der Waals surface area contributed by atoms with Crippen LogP contribution in [-0.4, -0.2) is 13.1 Å². The Kier molecular flexibility index (Phi) is 4.87. The van der Waals surface area contributed by atoms with Crippen molar-refractivity contribution in [2.24, 2.45) is 0 Å². The number of hydrogen-bond acceptors (Lipinski definition) is 2. The van der Waals surface area contributed by atoms with E-state index in [2.05, 4.69) is 4.90 Å². The normalized spacial score (nSPS) is 16.4. The molecule has 16 heavy (non-hydrogen) atoms. The van der Waals surface area contributed by atoms with Crippen LogP contribution in [0.15, 0.2) is 18.2 Å². The zero-order chi connectivity index (χ0) is 10.7. The van der Waals surface area contributed by atoms with E-state index in [0.29, 0.717) is 5.69 Å². The van der Waals surface area contributed by atoms with E-state index in [1.54, 1.807) is 6.07 Å². The van der Waals surface area contributed by atoms with Gasteiger partial charge < -0.3 is 10.6 Å². The van der Waals surface area contributed by atoms with E-state index >= 15 is 0 Å². The number of nitrogens with zero attached hydrogens (tertiary/aromatic N) is 1. The molecule has 1 aliphatic heterocycles. The highest BCUT2D eigenvalue weighted by Crippen LogP contribution is 2.26. The SMILES string of the molecule is Cl.Nc1cc(F)ccc1N1CCCCCC1. The van der Waals surface area contributed by atoms with Crippen molar-refractivity contribution in [2.75, 3.05) is 23.7 Å². The van der Waals surface area contributed by atoms with Crippen LogP contribution < -0.4 is 10.6 Å². The maximum Gasteiger partial charge on any atom is 0.125 e. The van der Waals surface area contributed by atoms with E-state index in [9.17, 15) is 4.39 Å². The lowest BCUT2D eigenvalue weighted by Crippen LogP contribution is -2.24. The molecular weight excluding hydrogens is 227 g/mol. The summed E-state index contributed by atoms with van der Waals surface area (Å²) in [6.07, 6.45) is 4.99. The Morgan fingerprint density at radius 2 is 1.69 bits per heavy atom. The molecule has 4 heteroatoms. The van der Waals surface area contributed by atoms with Crippen molar-refractivity contribution >= 4 is 23.8 Å². The van der Waals surface area contributed by atoms with Crippen LogP contribution in [0.4, 0.5) is 15.8 Å². The molecule has 0 spiro atoms. The van der Waals surface area contributed by atoms with Gasteiger partial charge in [0.15, 0.2) is 0 Å². The molecule has 1 aliphatic rings. The van der Waals surface area contributed by atoms with E-state index in [4.69, 9.17) is 5.73 Å². The summed E-state index contributed by atoms with van der Waals surface area (Å²) in [5.74, 6) is -0.258. The first-order valence-electron chi connectivity index (χ1n) is 5.57. The first kappa shape index (κ1) is 13.1. The quantitative estimate of drug-likeness (QED) is 0.769. The van der Waals surface area contributed by atoms with Crippen molar-refractivity contribution in [3.05, 3.63) is 24.0 Å². The molecule has 0 aromatic heterocycles. The van der Waals surface area contributed by atoms with Crippen LogP contribution in [0.2, 0.25) is 0 Å². The molecule has 0 atom stereocenters. The Balaban J connectivity index is 0.00000128. The number of nitrogens with two attached hydrogens (primary N) is 1. The Morgan fingerprint density at radius 3 is 2.25 bits per heavy atom. The lowest BCUT2D eigenvalue weighted by Gasteiger charge is -2.24. The highest BCUT2D eigenvalue weighted by atomic mass is 35.5. The van der Waals surface area contributed by atoms with Crippen molar-refractivity contribution < 1.29 is 4.39 Å². The van der Waals surface area contributed by atoms with Crippen LogP contribution in [0.25, 0.3) is 0 Å². The Morgan fingerprint density at radius 1 is 1.06 bits per heavy atom. The molecule has 0 amide bonds. The van der Waals surface area contributed by atoms with Gasteiger partial charge in [0.1, 0.15) is 5.82 Å². The Labute approximate surface area is 102 Å². The third-order valence-electron chi connectivity index (χ3n) is 2.94. The maximum atomic E-state index is 12.9. The van der Waals surface area contributed by atoms with Crippen LogP contribution in [0.3, 0.4) is 0 Å². The van der Waals surface area contributed by atoms with E-state index in [1.807, 2.05) is 0 Å². The lowest BCUT2D eigenvalue weighted by atomic mass is 10.2. The second kappa shape index (κ2) is 5.94. The van der Waals surface area contributed by atoms with Gasteiger partial charge in [-0.2, -0.15) is 0 Å². The minimum atomic E-state index is -0.258. The minimum Gasteiger partial charge on any atom is -0.397 e. The molecule has 1 heterocycles. The number of hydrogen-bond donors (Lipinski definition) is 1. The summed E-state index contributed by atoms with van der Waals surface area (Å²) in [6, 6.07) is 4.67. The molecule has 1 aromatic rings. The van der Waals surface area contributed by atoms with Crippen molar-refractivity contribution in [3.8, 4) is 0 Å². The fraction of sp³-hybridized carbons (Fsp3) is 0.500. The second-order valence-electron chi connectivity index (χ2n) is 4.10. The number of rotatable bonds is 1. The summed E-state index contributed by atoms with van der Waals surface area (Å²) in [6.45, 7) is 2.08. The summed E-state index contributed by atoms with van der Waals surface area (Å²) in [5.41, 5.74) is 7.36. The fourth-order valence-corrected chi connectivity index (χ4v) is 2.12. The fourth-order valence-electron chi connectivity index (χ4n) is 2.12. The van der Waals surface area contributed by atoms with Gasteiger partial charge in [0, 0.05) is 13.1 Å². The van der Waals surface area contributed by atoms with Gasteiger partial charge >= 0.3 is 0 Å². The highest BCUT2D eigenvalue weighted by molar-refractivity contribution is 5.85. The monoisotopic (exact) mass is 244 g/mol. The van der Waals surface area contributed by atoms with Gasteiger partial charge in [-0.05, 0) is 31.0 Å². The van der Waals surface area contributed by atoms with E-state index < -0.39 is 0 Å². The molecule has 0 aliphatic carbocycles. The van der Waals surface area contributed by atoms with Crippen LogP contribution in [0.5, 0.6) is 0 Å². The molecule has 0 bridgehead atoms. The van der Waals surface area contributed by atoms with Gasteiger partial charge in [0.05, 0.1) is 11.4 Å². The Hall–Kier alpha value is -0.960. The zero-order valence-electron chi connectivity index (χ0n) is 9.29. The van der Waals surface area contributed by atoms with Crippen molar-refractivity contribution in [3.63, 3.8) is 0 Å². The molecule has 2 N–H and O–H groups in total. The molecular formula is C12H18ClFN2. The number of anilines is 2. The summed E-state index contributed by atoms with van der Waals surface area (Å²) in [7, 11) is 0. The van der Waals surface area contributed by atoms with Gasteiger partial charge in [-0.25, -0.2) is 4.39 Å². The summed E-state index contributed by atoms with van der Waals surface area (Å²) in [4.78, 5) is 2.27. The van der Waals surface area contributed by atoms with Crippen LogP contribution in [-0.2, 0) is 0 Å². The van der Waals surface area contributed by atoms with Crippen molar-refractivity contribution in [2.45, 2.75) is 25.7 Å². The highest BCUT2D eigenvalue weighted by Gasteiger charge is 2.12. The first-order valence-corrected chi connectivity index (χ1v) is 5.57. The number of halogens is 2. The predicted molar refractivity (Wildman–Crippen MR) is 68.7 cm³/mol. The van der Waals surface area contributed by atoms with E-state index in [0.717, 1.165) is 18.8 Å². The van der Waals surface area contributed by atoms with Crippen LogP contribution >= 0.6 is 12.4 Å². The van der Waals surface area contributed by atoms with E-state index in [-0.39, 0.29) is 18.2 Å². The number of benzene rings is 1. The second-order valence-corrected chi connectivity index (χ2v) is 4.10. The third-order valence-corrected chi connectivity index (χ3v) is 2.94. The topological polar surface area (TPSA) is 29.3 Å². The first-order chi connectivity index (χ1) is 7.27. The smallest absolute Gasteiger partial charge is 0.125 e. The van der Waals surface area contributed by atoms with Gasteiger partial charge in [-0.1, -0.05) is 12.8 Å². The molecule has 0 saturated carbocycles. The lowest BCUT2D eigenvalue weighted by molar-refractivity contribution is 0.628. The number of nitrogen functional groups attached to an aromatic ring is 1. The average molecular weight is 245 g/mol. The molecule has 90 valence electrons. The van der Waals surface area contributed by atoms with Gasteiger partial charge in [0.2, 0.25) is 0 Å². The van der Waals surface area contributed by atoms with Gasteiger partial charge in [-0.15, -0.1) is 12.4 Å². The zero-order valence-corrected chi connectivity index (χ0v) is 10.1. The molecule has 1 fully saturated rings. The minimum absolute atomic E-state index is 0. The standard InChI is InChI=1S/C12H17FN2.ClH/c13-10-5-6-12(11(14)9-10)15-7-3-1-2-4-8-15;/h5-6,9H,1-4,7-8,14H2;1H. The summed E-state index contributed by atoms with van der Waals surface area (Å²) >= 11 is 0. The predicted octanol–water partition coefficient (Wildman–Crippen LogP) is 3.21. The maximum absolute atomic E-state index is 12.9. The van der Waals surface area contributed by atoms with Crippen LogP contribution in [0.1, 0.15) is 25.7 Å². The average Bonchev–Trinajstić information content (AvgIpc) is 2.46. The summed E-state index contributed by atoms with van der Waals surface area (Å²) < 4.78 is 12.9. The van der Waals surface area contributed by atoms with Gasteiger partial charge in [-0.3, -0.25) is 0 Å². The van der Waals surface area contributed by atoms with Crippen LogP contribution in [0, 0.1) is 5.82 Å². The summed E-state index contributed by atoms with van der Waals surface area (Å²) in [5, 5.41) is 0. The van der Waals surface area contributed by atoms with Crippen molar-refractivity contribution in [1.82, 2.24) is 0 Å². The molecule has 1 saturated heterocycles. The third kappa shape index (κ3) is 3.01. The molecule has 2 nitrogen and oxygen atoms in total. The molecule has 2 rings (SSSR count). The molecule has 0 radical (unpaired) electrons. The molecule has 1 aromatic carbocycles. The van der Waals surface area contributed by atoms with Crippen molar-refractivity contribution in [1.29, 1.82) is 0 Å². The largest absolute Gasteiger partial charge is 0.397 e. The molecule has 0 unspecified atom stereocenters. The van der Waals surface area contributed by atoms with E-state index in [1.165, 1.54) is 37.8 Å². The van der Waals surface area contributed by atoms with Gasteiger partial charge in [0.25, 0.3) is 0 Å².